The molecule has 0 aliphatic rings. The third kappa shape index (κ3) is 3.35. The van der Waals surface area contributed by atoms with Crippen LogP contribution >= 0.6 is 0 Å². The van der Waals surface area contributed by atoms with Crippen molar-refractivity contribution < 1.29 is 9.52 Å². The van der Waals surface area contributed by atoms with Gasteiger partial charge >= 0.3 is 0 Å². The lowest BCUT2D eigenvalue weighted by atomic mass is 9.92. The summed E-state index contributed by atoms with van der Waals surface area (Å²) in [6, 6.07) is 1.98. The molecule has 0 spiro atoms. The number of rotatable bonds is 5. The van der Waals surface area contributed by atoms with E-state index >= 15 is 0 Å². The molecule has 1 atom stereocenters. The van der Waals surface area contributed by atoms with Crippen molar-refractivity contribution in [2.45, 2.75) is 39.8 Å². The monoisotopic (exact) mass is 225 g/mol. The summed E-state index contributed by atoms with van der Waals surface area (Å²) in [5.74, 6) is 1.21. The number of hydrogen-bond donors (Lipinski definition) is 1. The van der Waals surface area contributed by atoms with Crippen LogP contribution in [0, 0.1) is 12.8 Å². The minimum Gasteiger partial charge on any atom is -0.469 e. The first kappa shape index (κ1) is 13.3. The molecule has 3 heteroatoms. The molecule has 0 saturated heterocycles. The summed E-state index contributed by atoms with van der Waals surface area (Å²) >= 11 is 0. The van der Waals surface area contributed by atoms with Crippen LogP contribution in [-0.2, 0) is 6.54 Å². The summed E-state index contributed by atoms with van der Waals surface area (Å²) in [6.45, 7) is 9.40. The summed E-state index contributed by atoms with van der Waals surface area (Å²) in [4.78, 5) is 2.12. The molecule has 0 aliphatic heterocycles. The minimum atomic E-state index is -0.646. The smallest absolute Gasteiger partial charge is 0.105 e. The van der Waals surface area contributed by atoms with Crippen molar-refractivity contribution in [3.63, 3.8) is 0 Å². The van der Waals surface area contributed by atoms with E-state index in [1.807, 2.05) is 40.8 Å². The van der Waals surface area contributed by atoms with Gasteiger partial charge in [-0.1, -0.05) is 13.8 Å². The fraction of sp³-hybridized carbons (Fsp3) is 0.692. The number of aryl methyl sites for hydroxylation is 1. The van der Waals surface area contributed by atoms with Crippen molar-refractivity contribution >= 4 is 0 Å². The molecule has 0 fully saturated rings. The van der Waals surface area contributed by atoms with E-state index in [0.717, 1.165) is 12.3 Å². The Morgan fingerprint density at radius 2 is 2.12 bits per heavy atom. The van der Waals surface area contributed by atoms with Gasteiger partial charge in [-0.2, -0.15) is 0 Å². The molecule has 1 unspecified atom stereocenters. The molecule has 0 aliphatic carbocycles. The SMILES string of the molecule is Cc1occc1CN(C)CC(C)(O)C(C)C. The predicted molar refractivity (Wildman–Crippen MR) is 65.2 cm³/mol. The Labute approximate surface area is 98.1 Å². The zero-order valence-electron chi connectivity index (χ0n) is 10.9. The van der Waals surface area contributed by atoms with E-state index in [2.05, 4.69) is 4.90 Å². The van der Waals surface area contributed by atoms with Gasteiger partial charge in [-0.15, -0.1) is 0 Å². The number of likely N-dealkylation sites (N-methyl/N-ethyl adjacent to an activating group) is 1. The summed E-state index contributed by atoms with van der Waals surface area (Å²) in [5, 5.41) is 10.2. The van der Waals surface area contributed by atoms with Crippen LogP contribution in [0.25, 0.3) is 0 Å². The molecule has 0 radical (unpaired) electrons. The van der Waals surface area contributed by atoms with Crippen LogP contribution in [0.4, 0.5) is 0 Å². The second-order valence-electron chi connectivity index (χ2n) is 5.19. The minimum absolute atomic E-state index is 0.250. The Morgan fingerprint density at radius 3 is 2.56 bits per heavy atom. The van der Waals surface area contributed by atoms with Crippen LogP contribution < -0.4 is 0 Å². The van der Waals surface area contributed by atoms with E-state index in [4.69, 9.17) is 4.42 Å². The Hall–Kier alpha value is -0.800. The van der Waals surface area contributed by atoms with Crippen LogP contribution in [0.3, 0.4) is 0 Å². The lowest BCUT2D eigenvalue weighted by Gasteiger charge is -2.32. The molecule has 16 heavy (non-hydrogen) atoms. The third-order valence-corrected chi connectivity index (χ3v) is 3.24. The summed E-state index contributed by atoms with van der Waals surface area (Å²) in [7, 11) is 2.02. The lowest BCUT2D eigenvalue weighted by Crippen LogP contribution is -2.42. The average molecular weight is 225 g/mol. The van der Waals surface area contributed by atoms with Gasteiger partial charge in [0.15, 0.2) is 0 Å². The van der Waals surface area contributed by atoms with E-state index in [1.54, 1.807) is 6.26 Å². The van der Waals surface area contributed by atoms with Crippen molar-refractivity contribution in [2.24, 2.45) is 5.92 Å². The molecular weight excluding hydrogens is 202 g/mol. The van der Waals surface area contributed by atoms with Crippen molar-refractivity contribution in [2.75, 3.05) is 13.6 Å². The molecule has 0 aromatic carbocycles. The van der Waals surface area contributed by atoms with Crippen molar-refractivity contribution in [1.29, 1.82) is 0 Å². The Bertz CT molecular complexity index is 328. The highest BCUT2D eigenvalue weighted by molar-refractivity contribution is 5.15. The molecule has 0 amide bonds. The third-order valence-electron chi connectivity index (χ3n) is 3.24. The molecular formula is C13H23NO2. The first-order chi connectivity index (χ1) is 7.33. The second-order valence-corrected chi connectivity index (χ2v) is 5.19. The summed E-state index contributed by atoms with van der Waals surface area (Å²) < 4.78 is 5.25. The van der Waals surface area contributed by atoms with E-state index in [9.17, 15) is 5.11 Å². The topological polar surface area (TPSA) is 36.6 Å². The lowest BCUT2D eigenvalue weighted by molar-refractivity contribution is -0.0147. The van der Waals surface area contributed by atoms with Crippen molar-refractivity contribution in [3.8, 4) is 0 Å². The predicted octanol–water partition coefficient (Wildman–Crippen LogP) is 2.43. The van der Waals surface area contributed by atoms with Gasteiger partial charge in [0.1, 0.15) is 5.76 Å². The van der Waals surface area contributed by atoms with Crippen LogP contribution in [0.2, 0.25) is 0 Å². The maximum atomic E-state index is 10.2. The Balaban J connectivity index is 2.54. The Kier molecular flexibility index (Phi) is 4.16. The maximum absolute atomic E-state index is 10.2. The van der Waals surface area contributed by atoms with Gasteiger partial charge in [0.2, 0.25) is 0 Å². The number of furan rings is 1. The zero-order chi connectivity index (χ0) is 12.3. The number of nitrogens with zero attached hydrogens (tertiary/aromatic N) is 1. The van der Waals surface area contributed by atoms with Gasteiger partial charge in [-0.25, -0.2) is 0 Å². The maximum Gasteiger partial charge on any atom is 0.105 e. The van der Waals surface area contributed by atoms with Gasteiger partial charge < -0.3 is 9.52 Å². The first-order valence-corrected chi connectivity index (χ1v) is 5.77. The molecule has 1 aromatic heterocycles. The van der Waals surface area contributed by atoms with Crippen LogP contribution in [0.1, 0.15) is 32.1 Å². The number of aliphatic hydroxyl groups is 1. The van der Waals surface area contributed by atoms with Crippen LogP contribution in [0.5, 0.6) is 0 Å². The van der Waals surface area contributed by atoms with E-state index in [1.165, 1.54) is 5.56 Å². The highest BCUT2D eigenvalue weighted by atomic mass is 16.3. The zero-order valence-corrected chi connectivity index (χ0v) is 10.9. The molecule has 1 aromatic rings. The molecule has 1 rings (SSSR count). The molecule has 92 valence electrons. The van der Waals surface area contributed by atoms with Crippen LogP contribution in [-0.4, -0.2) is 29.2 Å². The van der Waals surface area contributed by atoms with Crippen LogP contribution in [0.15, 0.2) is 16.7 Å². The second kappa shape index (κ2) is 5.02. The standard InChI is InChI=1S/C13H23NO2/c1-10(2)13(4,15)9-14(5)8-12-6-7-16-11(12)3/h6-7,10,15H,8-9H2,1-5H3. The molecule has 1 N–H and O–H groups in total. The molecule has 0 saturated carbocycles. The van der Waals surface area contributed by atoms with Crippen molar-refractivity contribution in [1.82, 2.24) is 4.90 Å². The highest BCUT2D eigenvalue weighted by Crippen LogP contribution is 2.19. The van der Waals surface area contributed by atoms with E-state index in [-0.39, 0.29) is 5.92 Å². The van der Waals surface area contributed by atoms with Gasteiger partial charge in [0, 0.05) is 18.7 Å². The van der Waals surface area contributed by atoms with Gasteiger partial charge in [-0.3, -0.25) is 4.90 Å². The summed E-state index contributed by atoms with van der Waals surface area (Å²) in [6.07, 6.45) is 1.71. The van der Waals surface area contributed by atoms with E-state index < -0.39 is 5.60 Å². The Morgan fingerprint density at radius 1 is 1.50 bits per heavy atom. The fourth-order valence-corrected chi connectivity index (χ4v) is 1.65. The molecule has 1 heterocycles. The average Bonchev–Trinajstić information content (AvgIpc) is 2.50. The van der Waals surface area contributed by atoms with E-state index in [0.29, 0.717) is 6.54 Å². The molecule has 3 nitrogen and oxygen atoms in total. The summed E-state index contributed by atoms with van der Waals surface area (Å²) in [5.41, 5.74) is 0.536. The van der Waals surface area contributed by atoms with Crippen molar-refractivity contribution in [3.05, 3.63) is 23.7 Å². The normalized spacial score (nSPS) is 15.8. The quantitative estimate of drug-likeness (QED) is 0.836. The van der Waals surface area contributed by atoms with Gasteiger partial charge in [0.25, 0.3) is 0 Å². The largest absolute Gasteiger partial charge is 0.469 e. The molecule has 0 bridgehead atoms. The number of hydrogen-bond acceptors (Lipinski definition) is 3. The van der Waals surface area contributed by atoms with Gasteiger partial charge in [-0.05, 0) is 32.9 Å². The highest BCUT2D eigenvalue weighted by Gasteiger charge is 2.26. The fourth-order valence-electron chi connectivity index (χ4n) is 1.65. The van der Waals surface area contributed by atoms with Gasteiger partial charge in [0.05, 0.1) is 11.9 Å². The first-order valence-electron chi connectivity index (χ1n) is 5.77.